The second kappa shape index (κ2) is 11.7. The molecule has 0 fully saturated rings. The first-order valence-corrected chi connectivity index (χ1v) is 9.87. The number of rotatable bonds is 13. The summed E-state index contributed by atoms with van der Waals surface area (Å²) in [6, 6.07) is 8.92. The van der Waals surface area contributed by atoms with E-state index in [2.05, 4.69) is 45.0 Å². The van der Waals surface area contributed by atoms with E-state index >= 15 is 0 Å². The van der Waals surface area contributed by atoms with Crippen LogP contribution >= 0.6 is 0 Å². The van der Waals surface area contributed by atoms with E-state index in [1.54, 1.807) is 0 Å². The van der Waals surface area contributed by atoms with Crippen molar-refractivity contribution in [2.45, 2.75) is 78.6 Å². The Morgan fingerprint density at radius 3 is 1.79 bits per heavy atom. The lowest BCUT2D eigenvalue weighted by Gasteiger charge is -2.34. The Hall–Kier alpha value is -0.860. The van der Waals surface area contributed by atoms with Crippen molar-refractivity contribution in [1.29, 1.82) is 0 Å². The lowest BCUT2D eigenvalue weighted by Crippen LogP contribution is -2.36. The molecule has 0 bridgehead atoms. The molecule has 1 aromatic carbocycles. The number of aliphatic hydroxyl groups excluding tert-OH is 2. The molecule has 0 spiro atoms. The molecule has 0 saturated heterocycles. The van der Waals surface area contributed by atoms with E-state index < -0.39 is 0 Å². The number of aryl methyl sites for hydroxylation is 2. The molecule has 2 N–H and O–H groups in total. The van der Waals surface area contributed by atoms with Gasteiger partial charge in [-0.3, -0.25) is 0 Å². The maximum atomic E-state index is 9.68. The smallest absolute Gasteiger partial charge is 0.0511 e. The van der Waals surface area contributed by atoms with Crippen molar-refractivity contribution in [3.05, 3.63) is 35.4 Å². The number of hydrogen-bond donors (Lipinski definition) is 2. The summed E-state index contributed by atoms with van der Waals surface area (Å²) in [4.78, 5) is 0. The SMILES string of the molecule is CCCCCCCCc1ccc(CCC(CO)(CO)C(C)C)cc1. The van der Waals surface area contributed by atoms with Crippen LogP contribution in [0.4, 0.5) is 0 Å². The largest absolute Gasteiger partial charge is 0.396 e. The molecular weight excluding hydrogens is 296 g/mol. The second-order valence-corrected chi connectivity index (χ2v) is 7.67. The minimum absolute atomic E-state index is 0.0529. The highest BCUT2D eigenvalue weighted by Crippen LogP contribution is 2.32. The van der Waals surface area contributed by atoms with Gasteiger partial charge in [0.05, 0.1) is 13.2 Å². The summed E-state index contributed by atoms with van der Waals surface area (Å²) in [7, 11) is 0. The zero-order valence-electron chi connectivity index (χ0n) is 16.1. The summed E-state index contributed by atoms with van der Waals surface area (Å²) in [6.45, 7) is 6.52. The molecule has 0 atom stereocenters. The van der Waals surface area contributed by atoms with Gasteiger partial charge in [0.15, 0.2) is 0 Å². The highest BCUT2D eigenvalue weighted by Gasteiger charge is 2.32. The van der Waals surface area contributed by atoms with Gasteiger partial charge in [0.2, 0.25) is 0 Å². The quantitative estimate of drug-likeness (QED) is 0.490. The minimum Gasteiger partial charge on any atom is -0.396 e. The van der Waals surface area contributed by atoms with Crippen LogP contribution in [0.25, 0.3) is 0 Å². The van der Waals surface area contributed by atoms with E-state index in [1.165, 1.54) is 56.1 Å². The summed E-state index contributed by atoms with van der Waals surface area (Å²) in [5.74, 6) is 0.277. The van der Waals surface area contributed by atoms with Crippen LogP contribution in [-0.2, 0) is 12.8 Å². The molecule has 0 aliphatic rings. The van der Waals surface area contributed by atoms with Crippen LogP contribution in [0.3, 0.4) is 0 Å². The standard InChI is InChI=1S/C22H38O2/c1-4-5-6-7-8-9-10-20-11-13-21(14-12-20)15-16-22(17-23,18-24)19(2)3/h11-14,19,23-24H,4-10,15-18H2,1-3H3. The first-order chi connectivity index (χ1) is 11.6. The summed E-state index contributed by atoms with van der Waals surface area (Å²) in [6.07, 6.45) is 11.0. The first-order valence-electron chi connectivity index (χ1n) is 9.87. The molecule has 138 valence electrons. The average Bonchev–Trinajstić information content (AvgIpc) is 2.60. The fourth-order valence-electron chi connectivity index (χ4n) is 3.24. The van der Waals surface area contributed by atoms with Crippen LogP contribution in [0.1, 0.15) is 76.8 Å². The third kappa shape index (κ3) is 6.94. The van der Waals surface area contributed by atoms with Crippen molar-refractivity contribution >= 4 is 0 Å². The highest BCUT2D eigenvalue weighted by atomic mass is 16.3. The topological polar surface area (TPSA) is 40.5 Å². The van der Waals surface area contributed by atoms with Gasteiger partial charge in [0.1, 0.15) is 0 Å². The molecule has 1 rings (SSSR count). The lowest BCUT2D eigenvalue weighted by molar-refractivity contribution is 0.00920. The Labute approximate surface area is 149 Å². The molecule has 0 aliphatic carbocycles. The third-order valence-corrected chi connectivity index (χ3v) is 5.61. The molecule has 24 heavy (non-hydrogen) atoms. The van der Waals surface area contributed by atoms with Crippen molar-refractivity contribution in [3.63, 3.8) is 0 Å². The summed E-state index contributed by atoms with van der Waals surface area (Å²) in [5, 5.41) is 19.4. The van der Waals surface area contributed by atoms with Gasteiger partial charge >= 0.3 is 0 Å². The molecule has 0 unspecified atom stereocenters. The molecule has 0 radical (unpaired) electrons. The summed E-state index contributed by atoms with van der Waals surface area (Å²) < 4.78 is 0. The maximum absolute atomic E-state index is 9.68. The third-order valence-electron chi connectivity index (χ3n) is 5.61. The molecule has 0 saturated carbocycles. The zero-order chi connectivity index (χ0) is 17.8. The van der Waals surface area contributed by atoms with E-state index in [-0.39, 0.29) is 24.5 Å². The van der Waals surface area contributed by atoms with Gasteiger partial charge in [-0.15, -0.1) is 0 Å². The minimum atomic E-state index is -0.364. The van der Waals surface area contributed by atoms with Gasteiger partial charge in [-0.05, 0) is 42.7 Å². The Kier molecular flexibility index (Phi) is 10.3. The second-order valence-electron chi connectivity index (χ2n) is 7.67. The number of unbranched alkanes of at least 4 members (excludes halogenated alkanes) is 5. The monoisotopic (exact) mass is 334 g/mol. The van der Waals surface area contributed by atoms with E-state index in [9.17, 15) is 10.2 Å². The van der Waals surface area contributed by atoms with Gasteiger partial charge < -0.3 is 10.2 Å². The number of hydrogen-bond acceptors (Lipinski definition) is 2. The van der Waals surface area contributed by atoms with Gasteiger partial charge in [-0.25, -0.2) is 0 Å². The maximum Gasteiger partial charge on any atom is 0.0511 e. The summed E-state index contributed by atoms with van der Waals surface area (Å²) in [5.41, 5.74) is 2.36. The van der Waals surface area contributed by atoms with Gasteiger partial charge in [0.25, 0.3) is 0 Å². The van der Waals surface area contributed by atoms with E-state index in [0.717, 1.165) is 12.8 Å². The van der Waals surface area contributed by atoms with Crippen molar-refractivity contribution < 1.29 is 10.2 Å². The van der Waals surface area contributed by atoms with Crippen LogP contribution in [0, 0.1) is 11.3 Å². The van der Waals surface area contributed by atoms with Crippen LogP contribution in [-0.4, -0.2) is 23.4 Å². The van der Waals surface area contributed by atoms with E-state index in [4.69, 9.17) is 0 Å². The van der Waals surface area contributed by atoms with Crippen molar-refractivity contribution in [2.24, 2.45) is 11.3 Å². The highest BCUT2D eigenvalue weighted by molar-refractivity contribution is 5.23. The molecule has 0 aliphatic heterocycles. The van der Waals surface area contributed by atoms with E-state index in [1.807, 2.05) is 0 Å². The Morgan fingerprint density at radius 1 is 0.792 bits per heavy atom. The fourth-order valence-corrected chi connectivity index (χ4v) is 3.24. The van der Waals surface area contributed by atoms with Crippen LogP contribution in [0.15, 0.2) is 24.3 Å². The molecule has 0 aromatic heterocycles. The zero-order valence-corrected chi connectivity index (χ0v) is 16.1. The normalized spacial score (nSPS) is 12.1. The average molecular weight is 335 g/mol. The van der Waals surface area contributed by atoms with Crippen LogP contribution in [0.5, 0.6) is 0 Å². The van der Waals surface area contributed by atoms with Crippen molar-refractivity contribution in [3.8, 4) is 0 Å². The van der Waals surface area contributed by atoms with Gasteiger partial charge in [0, 0.05) is 5.41 Å². The van der Waals surface area contributed by atoms with Crippen LogP contribution in [0.2, 0.25) is 0 Å². The molecule has 0 heterocycles. The molecule has 0 amide bonds. The number of aliphatic hydroxyl groups is 2. The van der Waals surface area contributed by atoms with E-state index in [0.29, 0.717) is 0 Å². The molecule has 2 heteroatoms. The predicted octanol–water partition coefficient (Wildman–Crippen LogP) is 5.15. The van der Waals surface area contributed by atoms with Crippen LogP contribution < -0.4 is 0 Å². The molecule has 1 aromatic rings. The summed E-state index contributed by atoms with van der Waals surface area (Å²) >= 11 is 0. The lowest BCUT2D eigenvalue weighted by atomic mass is 9.74. The molecular formula is C22H38O2. The molecule has 2 nitrogen and oxygen atoms in total. The Balaban J connectivity index is 2.39. The number of benzene rings is 1. The van der Waals surface area contributed by atoms with Gasteiger partial charge in [-0.2, -0.15) is 0 Å². The van der Waals surface area contributed by atoms with Crippen molar-refractivity contribution in [1.82, 2.24) is 0 Å². The Bertz CT molecular complexity index is 418. The first kappa shape index (κ1) is 21.2. The Morgan fingerprint density at radius 2 is 1.29 bits per heavy atom. The fraction of sp³-hybridized carbons (Fsp3) is 0.727. The van der Waals surface area contributed by atoms with Gasteiger partial charge in [-0.1, -0.05) is 77.1 Å². The predicted molar refractivity (Wildman–Crippen MR) is 103 cm³/mol. The van der Waals surface area contributed by atoms with Crippen molar-refractivity contribution in [2.75, 3.05) is 13.2 Å².